The maximum atomic E-state index is 12.5. The van der Waals surface area contributed by atoms with E-state index in [-0.39, 0.29) is 11.7 Å². The van der Waals surface area contributed by atoms with Crippen molar-refractivity contribution in [2.45, 2.75) is 18.8 Å². The monoisotopic (exact) mass is 338 g/mol. The van der Waals surface area contributed by atoms with Crippen LogP contribution in [0.3, 0.4) is 0 Å². The molecule has 26 heavy (non-hydrogen) atoms. The van der Waals surface area contributed by atoms with Crippen molar-refractivity contribution in [3.63, 3.8) is 0 Å². The Labute approximate surface area is 152 Å². The average Bonchev–Trinajstić information content (AvgIpc) is 3.08. The second kappa shape index (κ2) is 5.99. The molecular formula is C24H18O2. The molecule has 1 aliphatic carbocycles. The lowest BCUT2D eigenvalue weighted by Crippen LogP contribution is -2.13. The predicted octanol–water partition coefficient (Wildman–Crippen LogP) is 5.61. The lowest BCUT2D eigenvalue weighted by atomic mass is 9.86. The van der Waals surface area contributed by atoms with Gasteiger partial charge in [-0.05, 0) is 22.4 Å². The number of ether oxygens (including phenoxy) is 1. The normalized spacial score (nSPS) is 19.3. The number of ketones is 1. The van der Waals surface area contributed by atoms with E-state index in [4.69, 9.17) is 4.74 Å². The molecule has 0 aromatic heterocycles. The lowest BCUT2D eigenvalue weighted by molar-refractivity contribution is -0.115. The minimum Gasteiger partial charge on any atom is -0.461 e. The van der Waals surface area contributed by atoms with Gasteiger partial charge in [-0.25, -0.2) is 0 Å². The van der Waals surface area contributed by atoms with Crippen molar-refractivity contribution in [1.82, 2.24) is 0 Å². The van der Waals surface area contributed by atoms with Crippen molar-refractivity contribution < 1.29 is 9.53 Å². The fourth-order valence-electron chi connectivity index (χ4n) is 3.93. The van der Waals surface area contributed by atoms with E-state index in [9.17, 15) is 4.79 Å². The van der Waals surface area contributed by atoms with Crippen LogP contribution in [0, 0.1) is 0 Å². The Hall–Kier alpha value is -3.13. The maximum absolute atomic E-state index is 12.5. The summed E-state index contributed by atoms with van der Waals surface area (Å²) >= 11 is 0. The van der Waals surface area contributed by atoms with Gasteiger partial charge in [-0.3, -0.25) is 4.79 Å². The van der Waals surface area contributed by atoms with E-state index in [1.807, 2.05) is 42.5 Å². The molecule has 0 spiro atoms. The number of allylic oxidation sites excluding steroid dienone is 3. The van der Waals surface area contributed by atoms with Crippen LogP contribution >= 0.6 is 0 Å². The van der Waals surface area contributed by atoms with Crippen molar-refractivity contribution in [2.24, 2.45) is 0 Å². The van der Waals surface area contributed by atoms with Gasteiger partial charge in [0.2, 0.25) is 0 Å². The van der Waals surface area contributed by atoms with Crippen molar-refractivity contribution in [1.29, 1.82) is 0 Å². The summed E-state index contributed by atoms with van der Waals surface area (Å²) in [4.78, 5) is 12.5. The van der Waals surface area contributed by atoms with Crippen LogP contribution in [-0.4, -0.2) is 5.78 Å². The highest BCUT2D eigenvalue weighted by Gasteiger charge is 2.35. The zero-order chi connectivity index (χ0) is 17.5. The summed E-state index contributed by atoms with van der Waals surface area (Å²) in [5.41, 5.74) is 3.02. The summed E-state index contributed by atoms with van der Waals surface area (Å²) in [7, 11) is 0. The molecule has 126 valence electrons. The summed E-state index contributed by atoms with van der Waals surface area (Å²) in [5, 5.41) is 2.40. The highest BCUT2D eigenvalue weighted by molar-refractivity contribution is 6.01. The molecule has 1 aliphatic heterocycles. The molecule has 2 aliphatic rings. The highest BCUT2D eigenvalue weighted by Crippen LogP contribution is 2.43. The van der Waals surface area contributed by atoms with Gasteiger partial charge >= 0.3 is 0 Å². The first kappa shape index (κ1) is 15.2. The molecule has 3 aromatic carbocycles. The number of fused-ring (bicyclic) bond motifs is 1. The zero-order valence-electron chi connectivity index (χ0n) is 14.3. The van der Waals surface area contributed by atoms with Crippen LogP contribution in [0.25, 0.3) is 16.5 Å². The number of hydrogen-bond acceptors (Lipinski definition) is 2. The first-order valence-corrected chi connectivity index (χ1v) is 8.99. The van der Waals surface area contributed by atoms with Gasteiger partial charge in [0.05, 0.1) is 0 Å². The van der Waals surface area contributed by atoms with Crippen LogP contribution in [0.15, 0.2) is 90.2 Å². The van der Waals surface area contributed by atoms with E-state index in [1.165, 1.54) is 10.8 Å². The summed E-state index contributed by atoms with van der Waals surface area (Å²) in [6.45, 7) is 0. The molecule has 0 fully saturated rings. The van der Waals surface area contributed by atoms with E-state index >= 15 is 0 Å². The van der Waals surface area contributed by atoms with Gasteiger partial charge in [0.15, 0.2) is 5.78 Å². The van der Waals surface area contributed by atoms with Crippen LogP contribution in [0.4, 0.5) is 0 Å². The van der Waals surface area contributed by atoms with Gasteiger partial charge in [0.1, 0.15) is 11.5 Å². The highest BCUT2D eigenvalue weighted by atomic mass is 16.5. The summed E-state index contributed by atoms with van der Waals surface area (Å²) in [5.74, 6) is 1.85. The van der Waals surface area contributed by atoms with E-state index in [2.05, 4.69) is 36.4 Å². The SMILES string of the molecule is O=C1CCC2=C1C(c1ccc3ccccc3c1)C=C(c1ccccc1)O2. The molecular weight excluding hydrogens is 320 g/mol. The molecule has 1 atom stereocenters. The third-order valence-electron chi connectivity index (χ3n) is 5.23. The standard InChI is InChI=1S/C24H18O2/c25-21-12-13-22-24(21)20(15-23(26-22)17-7-2-1-3-8-17)19-11-10-16-6-4-5-9-18(16)14-19/h1-11,14-15,20H,12-13H2. The molecule has 2 nitrogen and oxygen atoms in total. The number of benzene rings is 3. The summed E-state index contributed by atoms with van der Waals surface area (Å²) in [6, 6.07) is 24.9. The van der Waals surface area contributed by atoms with Crippen LogP contribution in [0.1, 0.15) is 29.9 Å². The number of hydrogen-bond donors (Lipinski definition) is 0. The van der Waals surface area contributed by atoms with Crippen molar-refractivity contribution in [3.05, 3.63) is 101 Å². The minimum atomic E-state index is -0.0476. The quantitative estimate of drug-likeness (QED) is 0.607. The third-order valence-corrected chi connectivity index (χ3v) is 5.23. The Kier molecular flexibility index (Phi) is 3.49. The molecule has 0 bridgehead atoms. The van der Waals surface area contributed by atoms with Crippen molar-refractivity contribution >= 4 is 22.3 Å². The number of carbonyl (C=O) groups excluding carboxylic acids is 1. The van der Waals surface area contributed by atoms with E-state index in [1.54, 1.807) is 0 Å². The molecule has 1 heterocycles. The van der Waals surface area contributed by atoms with Gasteiger partial charge in [-0.2, -0.15) is 0 Å². The summed E-state index contributed by atoms with van der Waals surface area (Å²) in [6.07, 6.45) is 3.34. The first-order valence-electron chi connectivity index (χ1n) is 8.99. The Morgan fingerprint density at radius 1 is 0.808 bits per heavy atom. The second-order valence-corrected chi connectivity index (χ2v) is 6.84. The zero-order valence-corrected chi connectivity index (χ0v) is 14.3. The Morgan fingerprint density at radius 3 is 2.42 bits per heavy atom. The minimum absolute atomic E-state index is 0.0476. The molecule has 3 aromatic rings. The van der Waals surface area contributed by atoms with Crippen molar-refractivity contribution in [2.75, 3.05) is 0 Å². The number of Topliss-reactive ketones (excluding diaryl/α,β-unsaturated/α-hetero) is 1. The topological polar surface area (TPSA) is 26.3 Å². The maximum Gasteiger partial charge on any atom is 0.163 e. The van der Waals surface area contributed by atoms with Gasteiger partial charge in [-0.1, -0.05) is 72.8 Å². The largest absolute Gasteiger partial charge is 0.461 e. The van der Waals surface area contributed by atoms with Gasteiger partial charge in [0, 0.05) is 29.9 Å². The molecule has 0 N–H and O–H groups in total. The molecule has 2 heteroatoms. The summed E-state index contributed by atoms with van der Waals surface area (Å²) < 4.78 is 6.13. The molecule has 0 amide bonds. The van der Waals surface area contributed by atoms with Crippen molar-refractivity contribution in [3.8, 4) is 0 Å². The predicted molar refractivity (Wildman–Crippen MR) is 103 cm³/mol. The molecule has 5 rings (SSSR count). The molecule has 0 saturated carbocycles. The van der Waals surface area contributed by atoms with Crippen LogP contribution < -0.4 is 0 Å². The smallest absolute Gasteiger partial charge is 0.163 e. The van der Waals surface area contributed by atoms with E-state index in [0.29, 0.717) is 12.8 Å². The third kappa shape index (κ3) is 2.46. The fraction of sp³-hybridized carbons (Fsp3) is 0.125. The van der Waals surface area contributed by atoms with E-state index in [0.717, 1.165) is 28.2 Å². The van der Waals surface area contributed by atoms with Gasteiger partial charge in [-0.15, -0.1) is 0 Å². The Bertz CT molecular complexity index is 1070. The number of rotatable bonds is 2. The van der Waals surface area contributed by atoms with Crippen LogP contribution in [0.2, 0.25) is 0 Å². The molecule has 1 unspecified atom stereocenters. The second-order valence-electron chi connectivity index (χ2n) is 6.84. The molecule has 0 saturated heterocycles. The Balaban J connectivity index is 1.65. The van der Waals surface area contributed by atoms with E-state index < -0.39 is 0 Å². The average molecular weight is 338 g/mol. The number of carbonyl (C=O) groups is 1. The first-order chi connectivity index (χ1) is 12.8. The fourth-order valence-corrected chi connectivity index (χ4v) is 3.93. The lowest BCUT2D eigenvalue weighted by Gasteiger charge is -2.24. The molecule has 0 radical (unpaired) electrons. The van der Waals surface area contributed by atoms with Crippen LogP contribution in [0.5, 0.6) is 0 Å². The van der Waals surface area contributed by atoms with Gasteiger partial charge < -0.3 is 4.74 Å². The van der Waals surface area contributed by atoms with Crippen LogP contribution in [-0.2, 0) is 9.53 Å². The van der Waals surface area contributed by atoms with Gasteiger partial charge in [0.25, 0.3) is 0 Å². The Morgan fingerprint density at radius 2 is 1.58 bits per heavy atom.